The van der Waals surface area contributed by atoms with E-state index in [9.17, 15) is 24.3 Å². The zero-order valence-corrected chi connectivity index (χ0v) is 11.1. The van der Waals surface area contributed by atoms with Crippen molar-refractivity contribution in [3.63, 3.8) is 0 Å². The summed E-state index contributed by atoms with van der Waals surface area (Å²) in [7, 11) is 0. The van der Waals surface area contributed by atoms with Crippen molar-refractivity contribution >= 4 is 23.9 Å². The van der Waals surface area contributed by atoms with Gasteiger partial charge in [0.05, 0.1) is 19.4 Å². The van der Waals surface area contributed by atoms with Crippen molar-refractivity contribution in [2.45, 2.75) is 31.5 Å². The molecule has 4 N–H and O–H groups in total. The lowest BCUT2D eigenvalue weighted by Gasteiger charge is -2.21. The molecule has 0 aromatic rings. The molecule has 0 aliphatic carbocycles. The Kier molecular flexibility index (Phi) is 7.49. The van der Waals surface area contributed by atoms with E-state index in [1.54, 1.807) is 0 Å². The fourth-order valence-corrected chi connectivity index (χ4v) is 1.18. The average Bonchev–Trinajstić information content (AvgIpc) is 2.34. The van der Waals surface area contributed by atoms with Crippen molar-refractivity contribution in [3.05, 3.63) is 0 Å². The van der Waals surface area contributed by atoms with Crippen LogP contribution < -0.4 is 0 Å². The van der Waals surface area contributed by atoms with Crippen molar-refractivity contribution in [2.75, 3.05) is 13.2 Å². The summed E-state index contributed by atoms with van der Waals surface area (Å²) >= 11 is 0. The maximum absolute atomic E-state index is 11.3. The highest BCUT2D eigenvalue weighted by Crippen LogP contribution is 2.18. The van der Waals surface area contributed by atoms with E-state index in [2.05, 4.69) is 9.47 Å². The number of ether oxygens (including phenoxy) is 2. The Morgan fingerprint density at radius 1 is 1.14 bits per heavy atom. The van der Waals surface area contributed by atoms with Crippen LogP contribution in [0.25, 0.3) is 0 Å². The maximum Gasteiger partial charge on any atom is 0.336 e. The monoisotopic (exact) mass is 308 g/mol. The van der Waals surface area contributed by atoms with Gasteiger partial charge in [-0.2, -0.15) is 0 Å². The van der Waals surface area contributed by atoms with Gasteiger partial charge in [0.25, 0.3) is 0 Å². The van der Waals surface area contributed by atoms with Gasteiger partial charge >= 0.3 is 23.9 Å². The van der Waals surface area contributed by atoms with Gasteiger partial charge in [-0.1, -0.05) is 0 Å². The molecule has 0 radical (unpaired) electrons. The lowest BCUT2D eigenvalue weighted by atomic mass is 9.96. The molecule has 10 heteroatoms. The minimum absolute atomic E-state index is 0.608. The van der Waals surface area contributed by atoms with E-state index in [-0.39, 0.29) is 0 Å². The Labute approximate surface area is 118 Å². The molecule has 0 bridgehead atoms. The molecule has 0 aromatic heterocycles. The van der Waals surface area contributed by atoms with E-state index in [1.807, 2.05) is 0 Å². The standard InChI is InChI=1S/C11H16O10/c1-6(13)21-9(16)3-11(19,10(17)18)2-8(15)20-5-7(14)4-12/h7,12,14,19H,2-5H2,1H3,(H,17,18). The Hall–Kier alpha value is -2.04. The maximum atomic E-state index is 11.3. The Morgan fingerprint density at radius 3 is 2.10 bits per heavy atom. The third kappa shape index (κ3) is 7.34. The first kappa shape index (κ1) is 19.0. The zero-order chi connectivity index (χ0) is 16.6. The number of aliphatic hydroxyl groups excluding tert-OH is 2. The predicted octanol–water partition coefficient (Wildman–Crippen LogP) is -2.43. The van der Waals surface area contributed by atoms with Crippen LogP contribution >= 0.6 is 0 Å². The highest BCUT2D eigenvalue weighted by Gasteiger charge is 2.42. The number of hydrogen-bond acceptors (Lipinski definition) is 9. The second-order valence-corrected chi connectivity index (χ2v) is 4.18. The van der Waals surface area contributed by atoms with Crippen LogP contribution in [0.2, 0.25) is 0 Å². The lowest BCUT2D eigenvalue weighted by Crippen LogP contribution is -2.44. The van der Waals surface area contributed by atoms with Gasteiger partial charge in [0.1, 0.15) is 12.7 Å². The molecule has 0 rings (SSSR count). The van der Waals surface area contributed by atoms with Crippen molar-refractivity contribution < 1.29 is 49.1 Å². The molecule has 0 saturated heterocycles. The molecule has 0 saturated carbocycles. The van der Waals surface area contributed by atoms with Crippen molar-refractivity contribution in [2.24, 2.45) is 0 Å². The summed E-state index contributed by atoms with van der Waals surface area (Å²) in [5, 5.41) is 36.0. The van der Waals surface area contributed by atoms with E-state index in [0.29, 0.717) is 0 Å². The second kappa shape index (κ2) is 8.29. The van der Waals surface area contributed by atoms with Crippen LogP contribution in [0, 0.1) is 0 Å². The quantitative estimate of drug-likeness (QED) is 0.279. The van der Waals surface area contributed by atoms with E-state index in [0.717, 1.165) is 6.92 Å². The van der Waals surface area contributed by atoms with Gasteiger partial charge in [0, 0.05) is 6.92 Å². The SMILES string of the molecule is CC(=O)OC(=O)CC(O)(CC(=O)OCC(O)CO)C(=O)O. The van der Waals surface area contributed by atoms with Crippen LogP contribution in [0.3, 0.4) is 0 Å². The number of carbonyl (C=O) groups excluding carboxylic acids is 3. The first-order valence-corrected chi connectivity index (χ1v) is 5.72. The van der Waals surface area contributed by atoms with Gasteiger partial charge < -0.3 is 29.9 Å². The van der Waals surface area contributed by atoms with Crippen LogP contribution in [-0.4, -0.2) is 69.2 Å². The van der Waals surface area contributed by atoms with Crippen LogP contribution in [0.15, 0.2) is 0 Å². The minimum Gasteiger partial charge on any atom is -0.479 e. The largest absolute Gasteiger partial charge is 0.479 e. The number of carbonyl (C=O) groups is 4. The summed E-state index contributed by atoms with van der Waals surface area (Å²) in [6.07, 6.45) is -3.60. The number of rotatable bonds is 8. The van der Waals surface area contributed by atoms with E-state index in [1.165, 1.54) is 0 Å². The van der Waals surface area contributed by atoms with Gasteiger partial charge in [0.15, 0.2) is 5.60 Å². The van der Waals surface area contributed by atoms with Crippen molar-refractivity contribution in [1.29, 1.82) is 0 Å². The summed E-state index contributed by atoms with van der Waals surface area (Å²) in [5.41, 5.74) is -2.81. The fourth-order valence-electron chi connectivity index (χ4n) is 1.18. The third-order valence-electron chi connectivity index (χ3n) is 2.18. The molecule has 10 nitrogen and oxygen atoms in total. The van der Waals surface area contributed by atoms with Gasteiger partial charge in [-0.15, -0.1) is 0 Å². The molecule has 0 aliphatic rings. The summed E-state index contributed by atoms with van der Waals surface area (Å²) in [5.74, 6) is -5.43. The number of aliphatic carboxylic acids is 1. The van der Waals surface area contributed by atoms with E-state index in [4.69, 9.17) is 15.3 Å². The first-order valence-electron chi connectivity index (χ1n) is 5.72. The summed E-state index contributed by atoms with van der Waals surface area (Å²) in [6.45, 7) is -0.382. The zero-order valence-electron chi connectivity index (χ0n) is 11.1. The predicted molar refractivity (Wildman–Crippen MR) is 62.6 cm³/mol. The molecule has 0 aromatic carbocycles. The molecule has 0 amide bonds. The molecule has 2 unspecified atom stereocenters. The van der Waals surface area contributed by atoms with Crippen LogP contribution in [0.4, 0.5) is 0 Å². The van der Waals surface area contributed by atoms with Crippen LogP contribution in [-0.2, 0) is 28.7 Å². The lowest BCUT2D eigenvalue weighted by molar-refractivity contribution is -0.175. The Morgan fingerprint density at radius 2 is 1.67 bits per heavy atom. The number of esters is 3. The molecule has 0 spiro atoms. The highest BCUT2D eigenvalue weighted by atomic mass is 16.6. The molecular formula is C11H16O10. The second-order valence-electron chi connectivity index (χ2n) is 4.18. The first-order chi connectivity index (χ1) is 9.60. The number of hydrogen-bond donors (Lipinski definition) is 4. The Bertz CT molecular complexity index is 417. The summed E-state index contributed by atoms with van der Waals surface area (Å²) < 4.78 is 8.48. The molecular weight excluding hydrogens is 292 g/mol. The smallest absolute Gasteiger partial charge is 0.336 e. The van der Waals surface area contributed by atoms with Gasteiger partial charge in [-0.25, -0.2) is 4.79 Å². The number of carboxylic acid groups (broad SMARTS) is 1. The molecule has 0 heterocycles. The molecule has 0 aliphatic heterocycles. The third-order valence-corrected chi connectivity index (χ3v) is 2.18. The van der Waals surface area contributed by atoms with Gasteiger partial charge in [-0.05, 0) is 0 Å². The van der Waals surface area contributed by atoms with Crippen LogP contribution in [0.1, 0.15) is 19.8 Å². The Balaban J connectivity index is 4.66. The highest BCUT2D eigenvalue weighted by molar-refractivity contribution is 5.91. The van der Waals surface area contributed by atoms with Crippen LogP contribution in [0.5, 0.6) is 0 Å². The van der Waals surface area contributed by atoms with Crippen molar-refractivity contribution in [3.8, 4) is 0 Å². The number of aliphatic hydroxyl groups is 3. The van der Waals surface area contributed by atoms with E-state index >= 15 is 0 Å². The topological polar surface area (TPSA) is 168 Å². The van der Waals surface area contributed by atoms with Crippen molar-refractivity contribution in [1.82, 2.24) is 0 Å². The van der Waals surface area contributed by atoms with Gasteiger partial charge in [-0.3, -0.25) is 14.4 Å². The molecule has 120 valence electrons. The summed E-state index contributed by atoms with van der Waals surface area (Å²) in [6, 6.07) is 0. The normalized spacial score (nSPS) is 14.7. The summed E-state index contributed by atoms with van der Waals surface area (Å²) in [4.78, 5) is 44.0. The molecule has 2 atom stereocenters. The molecule has 21 heavy (non-hydrogen) atoms. The van der Waals surface area contributed by atoms with E-state index < -0.39 is 61.6 Å². The average molecular weight is 308 g/mol. The van der Waals surface area contributed by atoms with Gasteiger partial charge in [0.2, 0.25) is 0 Å². The number of carboxylic acids is 1. The molecule has 0 fully saturated rings. The minimum atomic E-state index is -2.81. The fraction of sp³-hybridized carbons (Fsp3) is 0.636.